The van der Waals surface area contributed by atoms with Crippen LogP contribution in [0.3, 0.4) is 0 Å². The van der Waals surface area contributed by atoms with Crippen LogP contribution < -0.4 is 0 Å². The molecule has 0 saturated carbocycles. The molecule has 1 heteroatoms. The largest absolute Gasteiger partial charge is 0.207 e. The number of aryl methyl sites for hydroxylation is 1. The van der Waals surface area contributed by atoms with E-state index in [4.69, 9.17) is 0 Å². The van der Waals surface area contributed by atoms with Crippen LogP contribution in [0.4, 0.5) is 4.39 Å². The van der Waals surface area contributed by atoms with Gasteiger partial charge in [0.05, 0.1) is 0 Å². The van der Waals surface area contributed by atoms with E-state index in [1.807, 2.05) is 26.8 Å². The minimum atomic E-state index is -0.162. The SMILES string of the molecule is CC#CC.Cc1cccc(F)c1. The van der Waals surface area contributed by atoms with E-state index in [1.165, 1.54) is 12.1 Å². The predicted octanol–water partition coefficient (Wildman–Crippen LogP) is 3.16. The Bertz CT molecular complexity index is 255. The average Bonchev–Trinajstić information content (AvgIpc) is 2.04. The first-order chi connectivity index (χ1) is 5.70. The highest BCUT2D eigenvalue weighted by atomic mass is 19.1. The number of hydrogen-bond acceptors (Lipinski definition) is 0. The van der Waals surface area contributed by atoms with Crippen molar-refractivity contribution in [1.29, 1.82) is 0 Å². The summed E-state index contributed by atoms with van der Waals surface area (Å²) in [5.74, 6) is 5.20. The lowest BCUT2D eigenvalue weighted by atomic mass is 10.2. The van der Waals surface area contributed by atoms with Crippen molar-refractivity contribution in [1.82, 2.24) is 0 Å². The summed E-state index contributed by atoms with van der Waals surface area (Å²) in [5.41, 5.74) is 0.963. The Morgan fingerprint density at radius 3 is 2.00 bits per heavy atom. The summed E-state index contributed by atoms with van der Waals surface area (Å²) in [6.45, 7) is 5.50. The summed E-state index contributed by atoms with van der Waals surface area (Å²) in [6.07, 6.45) is 0. The quantitative estimate of drug-likeness (QED) is 0.517. The summed E-state index contributed by atoms with van der Waals surface area (Å²) in [7, 11) is 0. The van der Waals surface area contributed by atoms with Gasteiger partial charge >= 0.3 is 0 Å². The molecule has 12 heavy (non-hydrogen) atoms. The molecule has 1 aromatic rings. The zero-order valence-electron chi connectivity index (χ0n) is 7.69. The van der Waals surface area contributed by atoms with E-state index >= 15 is 0 Å². The number of hydrogen-bond donors (Lipinski definition) is 0. The molecule has 0 aliphatic rings. The molecule has 1 rings (SSSR count). The molecule has 0 saturated heterocycles. The normalized spacial score (nSPS) is 7.33. The Morgan fingerprint density at radius 1 is 1.17 bits per heavy atom. The maximum absolute atomic E-state index is 12.2. The van der Waals surface area contributed by atoms with Gasteiger partial charge in [0.2, 0.25) is 0 Å². The molecule has 0 atom stereocenters. The summed E-state index contributed by atoms with van der Waals surface area (Å²) in [5, 5.41) is 0. The summed E-state index contributed by atoms with van der Waals surface area (Å²) >= 11 is 0. The van der Waals surface area contributed by atoms with Crippen LogP contribution >= 0.6 is 0 Å². The number of rotatable bonds is 0. The maximum atomic E-state index is 12.2. The second-order valence-corrected chi connectivity index (χ2v) is 2.30. The van der Waals surface area contributed by atoms with E-state index < -0.39 is 0 Å². The van der Waals surface area contributed by atoms with Gasteiger partial charge in [0.25, 0.3) is 0 Å². The van der Waals surface area contributed by atoms with Gasteiger partial charge in [0.1, 0.15) is 5.82 Å². The summed E-state index contributed by atoms with van der Waals surface area (Å²) in [6, 6.07) is 6.50. The lowest BCUT2D eigenvalue weighted by Gasteiger charge is -1.87. The molecule has 0 amide bonds. The molecule has 0 radical (unpaired) electrons. The Hall–Kier alpha value is -1.29. The second-order valence-electron chi connectivity index (χ2n) is 2.30. The molecule has 0 heterocycles. The summed E-state index contributed by atoms with van der Waals surface area (Å²) in [4.78, 5) is 0. The van der Waals surface area contributed by atoms with Crippen molar-refractivity contribution in [3.63, 3.8) is 0 Å². The van der Waals surface area contributed by atoms with E-state index in [0.717, 1.165) is 5.56 Å². The third kappa shape index (κ3) is 5.49. The highest BCUT2D eigenvalue weighted by Crippen LogP contribution is 1.99. The van der Waals surface area contributed by atoms with Gasteiger partial charge in [-0.2, -0.15) is 0 Å². The molecule has 0 nitrogen and oxygen atoms in total. The first-order valence-corrected chi connectivity index (χ1v) is 3.76. The smallest absolute Gasteiger partial charge is 0.123 e. The van der Waals surface area contributed by atoms with E-state index in [-0.39, 0.29) is 5.82 Å². The topological polar surface area (TPSA) is 0 Å². The monoisotopic (exact) mass is 164 g/mol. The highest BCUT2D eigenvalue weighted by molar-refractivity contribution is 5.13. The number of halogens is 1. The van der Waals surface area contributed by atoms with E-state index in [0.29, 0.717) is 0 Å². The van der Waals surface area contributed by atoms with Crippen molar-refractivity contribution < 1.29 is 4.39 Å². The fraction of sp³-hybridized carbons (Fsp3) is 0.273. The minimum Gasteiger partial charge on any atom is -0.207 e. The molecular weight excluding hydrogens is 151 g/mol. The zero-order valence-corrected chi connectivity index (χ0v) is 7.69. The molecule has 0 unspecified atom stereocenters. The molecular formula is C11H13F. The molecule has 1 aromatic carbocycles. The fourth-order valence-electron chi connectivity index (χ4n) is 0.606. The van der Waals surface area contributed by atoms with Crippen molar-refractivity contribution in [3.8, 4) is 11.8 Å². The van der Waals surface area contributed by atoms with Crippen LogP contribution in [0.25, 0.3) is 0 Å². The van der Waals surface area contributed by atoms with Crippen molar-refractivity contribution in [2.75, 3.05) is 0 Å². The van der Waals surface area contributed by atoms with Gasteiger partial charge in [-0.3, -0.25) is 0 Å². The van der Waals surface area contributed by atoms with Crippen molar-refractivity contribution >= 4 is 0 Å². The fourth-order valence-corrected chi connectivity index (χ4v) is 0.606. The van der Waals surface area contributed by atoms with Crippen LogP contribution in [0.1, 0.15) is 19.4 Å². The van der Waals surface area contributed by atoms with Crippen LogP contribution in [0.2, 0.25) is 0 Å². The standard InChI is InChI=1S/C7H7F.C4H6/c1-6-3-2-4-7(8)5-6;1-3-4-2/h2-5H,1H3;1-2H3. The lowest BCUT2D eigenvalue weighted by molar-refractivity contribution is 0.626. The predicted molar refractivity (Wildman–Crippen MR) is 50.3 cm³/mol. The van der Waals surface area contributed by atoms with Crippen LogP contribution in [0.15, 0.2) is 24.3 Å². The van der Waals surface area contributed by atoms with Crippen molar-refractivity contribution in [3.05, 3.63) is 35.6 Å². The minimum absolute atomic E-state index is 0.162. The molecule has 64 valence electrons. The first-order valence-electron chi connectivity index (χ1n) is 3.76. The molecule has 0 spiro atoms. The van der Waals surface area contributed by atoms with Gasteiger partial charge in [-0.1, -0.05) is 12.1 Å². The van der Waals surface area contributed by atoms with Gasteiger partial charge in [-0.25, -0.2) is 4.39 Å². The third-order valence-electron chi connectivity index (χ3n) is 1.23. The maximum Gasteiger partial charge on any atom is 0.123 e. The Balaban J connectivity index is 0.000000261. The van der Waals surface area contributed by atoms with Gasteiger partial charge in [0, 0.05) is 0 Å². The number of benzene rings is 1. The molecule has 0 aliphatic carbocycles. The van der Waals surface area contributed by atoms with Gasteiger partial charge in [0.15, 0.2) is 0 Å². The van der Waals surface area contributed by atoms with Gasteiger partial charge in [-0.15, -0.1) is 11.8 Å². The van der Waals surface area contributed by atoms with Crippen LogP contribution in [0, 0.1) is 24.6 Å². The second kappa shape index (κ2) is 6.42. The molecule has 0 N–H and O–H groups in total. The molecule has 0 fully saturated rings. The first kappa shape index (κ1) is 10.7. The van der Waals surface area contributed by atoms with E-state index in [1.54, 1.807) is 6.07 Å². The lowest BCUT2D eigenvalue weighted by Crippen LogP contribution is -1.72. The molecule has 0 bridgehead atoms. The van der Waals surface area contributed by atoms with E-state index in [2.05, 4.69) is 11.8 Å². The molecule has 0 aliphatic heterocycles. The zero-order chi connectivity index (χ0) is 9.40. The van der Waals surface area contributed by atoms with Gasteiger partial charge in [-0.05, 0) is 38.5 Å². The van der Waals surface area contributed by atoms with Crippen molar-refractivity contribution in [2.24, 2.45) is 0 Å². The van der Waals surface area contributed by atoms with Crippen molar-refractivity contribution in [2.45, 2.75) is 20.8 Å². The Kier molecular flexibility index (Phi) is 5.73. The van der Waals surface area contributed by atoms with Crippen LogP contribution in [-0.4, -0.2) is 0 Å². The van der Waals surface area contributed by atoms with E-state index in [9.17, 15) is 4.39 Å². The summed E-state index contributed by atoms with van der Waals surface area (Å²) < 4.78 is 12.2. The Morgan fingerprint density at radius 2 is 1.75 bits per heavy atom. The van der Waals surface area contributed by atoms with Gasteiger partial charge < -0.3 is 0 Å². The van der Waals surface area contributed by atoms with Crippen LogP contribution in [0.5, 0.6) is 0 Å². The Labute approximate surface area is 73.4 Å². The third-order valence-corrected chi connectivity index (χ3v) is 1.23. The highest BCUT2D eigenvalue weighted by Gasteiger charge is 1.84. The molecule has 0 aromatic heterocycles. The van der Waals surface area contributed by atoms with Crippen LogP contribution in [-0.2, 0) is 0 Å². The average molecular weight is 164 g/mol.